The van der Waals surface area contributed by atoms with Crippen LogP contribution < -0.4 is 9.88 Å². The molecular weight excluding hydrogens is 226 g/mol. The van der Waals surface area contributed by atoms with Crippen molar-refractivity contribution < 1.29 is 9.36 Å². The van der Waals surface area contributed by atoms with Gasteiger partial charge in [0.05, 0.1) is 13.6 Å². The Morgan fingerprint density at radius 3 is 2.72 bits per heavy atom. The molecule has 1 aromatic carbocycles. The summed E-state index contributed by atoms with van der Waals surface area (Å²) in [6, 6.07) is 9.90. The summed E-state index contributed by atoms with van der Waals surface area (Å²) in [5.74, 6) is 0.627. The molecule has 0 aliphatic heterocycles. The maximum atomic E-state index is 12.1. The number of benzene rings is 1. The molecule has 0 saturated heterocycles. The zero-order valence-corrected chi connectivity index (χ0v) is 10.8. The van der Waals surface area contributed by atoms with Gasteiger partial charge in [-0.3, -0.25) is 4.79 Å². The minimum absolute atomic E-state index is 0.0480. The Hall–Kier alpha value is -2.10. The van der Waals surface area contributed by atoms with Crippen molar-refractivity contribution in [2.75, 3.05) is 0 Å². The van der Waals surface area contributed by atoms with Gasteiger partial charge in [0.2, 0.25) is 0 Å². The van der Waals surface area contributed by atoms with Crippen LogP contribution in [0.4, 0.5) is 0 Å². The number of hydrogen-bond donors (Lipinski definition) is 1. The molecule has 1 amide bonds. The first-order valence-electron chi connectivity index (χ1n) is 6.09. The van der Waals surface area contributed by atoms with E-state index in [4.69, 9.17) is 0 Å². The van der Waals surface area contributed by atoms with E-state index >= 15 is 0 Å². The van der Waals surface area contributed by atoms with E-state index in [1.54, 1.807) is 0 Å². The molecule has 0 fully saturated rings. The zero-order chi connectivity index (χ0) is 13.0. The zero-order valence-electron chi connectivity index (χ0n) is 10.8. The lowest BCUT2D eigenvalue weighted by atomic mass is 10.2. The van der Waals surface area contributed by atoms with Crippen LogP contribution in [0.5, 0.6) is 0 Å². The van der Waals surface area contributed by atoms with E-state index in [9.17, 15) is 4.79 Å². The lowest BCUT2D eigenvalue weighted by molar-refractivity contribution is -0.673. The Bertz CT molecular complexity index is 531. The van der Waals surface area contributed by atoms with Gasteiger partial charge in [-0.25, -0.2) is 9.13 Å². The van der Waals surface area contributed by atoms with Gasteiger partial charge >= 0.3 is 11.7 Å². The Labute approximate surface area is 107 Å². The topological polar surface area (TPSA) is 37.9 Å². The van der Waals surface area contributed by atoms with Crippen LogP contribution in [0.25, 0.3) is 0 Å². The summed E-state index contributed by atoms with van der Waals surface area (Å²) in [5, 5.41) is 2.94. The van der Waals surface area contributed by atoms with E-state index in [2.05, 4.69) is 5.32 Å². The molecule has 4 heteroatoms. The van der Waals surface area contributed by atoms with Crippen LogP contribution in [-0.4, -0.2) is 10.5 Å². The highest BCUT2D eigenvalue weighted by molar-refractivity contribution is 5.89. The summed E-state index contributed by atoms with van der Waals surface area (Å²) < 4.78 is 3.77. The standard InChI is InChI=1S/C14H17N3O/c1-3-17-10-9-16(2)14(17)13(18)15-11-12-7-5-4-6-8-12/h4-10H,3,11H2,1-2H3/p+1. The predicted molar refractivity (Wildman–Crippen MR) is 68.9 cm³/mol. The average Bonchev–Trinajstić information content (AvgIpc) is 2.78. The minimum atomic E-state index is -0.0480. The summed E-state index contributed by atoms with van der Waals surface area (Å²) >= 11 is 0. The summed E-state index contributed by atoms with van der Waals surface area (Å²) in [6.07, 6.45) is 3.80. The van der Waals surface area contributed by atoms with E-state index in [-0.39, 0.29) is 5.91 Å². The molecular formula is C14H18N3O+. The van der Waals surface area contributed by atoms with Gasteiger partial charge < -0.3 is 5.32 Å². The second-order valence-electron chi connectivity index (χ2n) is 4.19. The number of carbonyl (C=O) groups excluding carboxylic acids is 1. The van der Waals surface area contributed by atoms with Crippen molar-refractivity contribution in [2.24, 2.45) is 7.05 Å². The molecule has 1 heterocycles. The highest BCUT2D eigenvalue weighted by Gasteiger charge is 2.21. The number of hydrogen-bond acceptors (Lipinski definition) is 1. The van der Waals surface area contributed by atoms with Gasteiger partial charge in [-0.15, -0.1) is 0 Å². The van der Waals surface area contributed by atoms with Crippen LogP contribution in [0.15, 0.2) is 42.7 Å². The van der Waals surface area contributed by atoms with Crippen molar-refractivity contribution in [2.45, 2.75) is 20.0 Å². The van der Waals surface area contributed by atoms with Crippen molar-refractivity contribution in [3.63, 3.8) is 0 Å². The van der Waals surface area contributed by atoms with Gasteiger partial charge in [-0.1, -0.05) is 30.3 Å². The van der Waals surface area contributed by atoms with E-state index in [0.717, 1.165) is 12.1 Å². The first-order chi connectivity index (χ1) is 8.72. The Balaban J connectivity index is 2.06. The van der Waals surface area contributed by atoms with Crippen LogP contribution in [0.1, 0.15) is 23.1 Å². The molecule has 0 radical (unpaired) electrons. The quantitative estimate of drug-likeness (QED) is 0.808. The molecule has 0 spiro atoms. The summed E-state index contributed by atoms with van der Waals surface area (Å²) in [4.78, 5) is 12.1. The predicted octanol–water partition coefficient (Wildman–Crippen LogP) is 1.26. The van der Waals surface area contributed by atoms with Crippen LogP contribution in [0, 0.1) is 0 Å². The molecule has 0 saturated carbocycles. The fraction of sp³-hybridized carbons (Fsp3) is 0.286. The average molecular weight is 244 g/mol. The van der Waals surface area contributed by atoms with Crippen LogP contribution in [0.3, 0.4) is 0 Å². The number of amides is 1. The third-order valence-electron chi connectivity index (χ3n) is 2.92. The van der Waals surface area contributed by atoms with E-state index in [1.165, 1.54) is 0 Å². The van der Waals surface area contributed by atoms with Gasteiger partial charge in [0.15, 0.2) is 0 Å². The number of nitrogens with zero attached hydrogens (tertiary/aromatic N) is 2. The molecule has 2 rings (SSSR count). The highest BCUT2D eigenvalue weighted by atomic mass is 16.2. The third kappa shape index (κ3) is 2.59. The summed E-state index contributed by atoms with van der Waals surface area (Å²) in [7, 11) is 1.88. The third-order valence-corrected chi connectivity index (χ3v) is 2.92. The van der Waals surface area contributed by atoms with Gasteiger partial charge in [-0.2, -0.15) is 0 Å². The summed E-state index contributed by atoms with van der Waals surface area (Å²) in [6.45, 7) is 3.36. The number of carbonyl (C=O) groups is 1. The number of aromatic nitrogens is 2. The molecule has 0 atom stereocenters. The lowest BCUT2D eigenvalue weighted by Gasteiger charge is -2.04. The fourth-order valence-electron chi connectivity index (χ4n) is 1.93. The van der Waals surface area contributed by atoms with E-state index < -0.39 is 0 Å². The normalized spacial score (nSPS) is 10.3. The van der Waals surface area contributed by atoms with Crippen LogP contribution in [0.2, 0.25) is 0 Å². The molecule has 0 unspecified atom stereocenters. The molecule has 0 aliphatic carbocycles. The number of imidazole rings is 1. The van der Waals surface area contributed by atoms with Crippen molar-refractivity contribution in [3.8, 4) is 0 Å². The Morgan fingerprint density at radius 2 is 2.06 bits per heavy atom. The molecule has 1 N–H and O–H groups in total. The van der Waals surface area contributed by atoms with Gasteiger partial charge in [-0.05, 0) is 12.5 Å². The Kier molecular flexibility index (Phi) is 3.77. The van der Waals surface area contributed by atoms with Crippen molar-refractivity contribution >= 4 is 5.91 Å². The lowest BCUT2D eigenvalue weighted by Crippen LogP contribution is -2.40. The molecule has 0 aliphatic rings. The van der Waals surface area contributed by atoms with E-state index in [1.807, 2.05) is 65.8 Å². The number of nitrogens with one attached hydrogen (secondary N) is 1. The van der Waals surface area contributed by atoms with Gasteiger partial charge in [0, 0.05) is 6.54 Å². The molecule has 0 bridgehead atoms. The van der Waals surface area contributed by atoms with Crippen molar-refractivity contribution in [1.29, 1.82) is 0 Å². The monoisotopic (exact) mass is 244 g/mol. The molecule has 18 heavy (non-hydrogen) atoms. The van der Waals surface area contributed by atoms with Crippen LogP contribution >= 0.6 is 0 Å². The maximum absolute atomic E-state index is 12.1. The van der Waals surface area contributed by atoms with Crippen molar-refractivity contribution in [1.82, 2.24) is 9.88 Å². The largest absolute Gasteiger partial charge is 0.347 e. The molecule has 94 valence electrons. The van der Waals surface area contributed by atoms with E-state index in [0.29, 0.717) is 12.4 Å². The smallest absolute Gasteiger partial charge is 0.341 e. The second kappa shape index (κ2) is 5.49. The molecule has 2 aromatic rings. The van der Waals surface area contributed by atoms with Gasteiger partial charge in [0.1, 0.15) is 12.4 Å². The van der Waals surface area contributed by atoms with Crippen LogP contribution in [-0.2, 0) is 20.1 Å². The number of rotatable bonds is 4. The first kappa shape index (κ1) is 12.4. The summed E-state index contributed by atoms with van der Waals surface area (Å²) in [5.41, 5.74) is 1.10. The number of aryl methyl sites for hydroxylation is 2. The second-order valence-corrected chi connectivity index (χ2v) is 4.19. The van der Waals surface area contributed by atoms with Crippen molar-refractivity contribution in [3.05, 3.63) is 54.1 Å². The fourth-order valence-corrected chi connectivity index (χ4v) is 1.93. The molecule has 4 nitrogen and oxygen atoms in total. The molecule has 1 aromatic heterocycles. The SMILES string of the molecule is CCn1cc[n+](C)c1C(=O)NCc1ccccc1. The van der Waals surface area contributed by atoms with Gasteiger partial charge in [0.25, 0.3) is 0 Å². The minimum Gasteiger partial charge on any atom is -0.341 e. The highest BCUT2D eigenvalue weighted by Crippen LogP contribution is 1.99. The maximum Gasteiger partial charge on any atom is 0.347 e. The Morgan fingerprint density at radius 1 is 1.33 bits per heavy atom. The first-order valence-corrected chi connectivity index (χ1v) is 6.09.